The Morgan fingerprint density at radius 1 is 1.33 bits per heavy atom. The molecule has 21 heavy (non-hydrogen) atoms. The first-order valence-corrected chi connectivity index (χ1v) is 6.92. The Hall–Kier alpha value is -2.08. The third kappa shape index (κ3) is 3.33. The van der Waals surface area contributed by atoms with Crippen LogP contribution in [0.5, 0.6) is 5.75 Å². The quantitative estimate of drug-likeness (QED) is 0.827. The van der Waals surface area contributed by atoms with E-state index in [-0.39, 0.29) is 5.56 Å². The van der Waals surface area contributed by atoms with Gasteiger partial charge < -0.3 is 15.8 Å². The lowest BCUT2D eigenvalue weighted by atomic mass is 10.1. The molecule has 2 rings (SSSR count). The highest BCUT2D eigenvalue weighted by molar-refractivity contribution is 9.10. The Bertz CT molecular complexity index is 704. The van der Waals surface area contributed by atoms with Crippen molar-refractivity contribution in [2.45, 2.75) is 6.92 Å². The molecule has 0 radical (unpaired) electrons. The summed E-state index contributed by atoms with van der Waals surface area (Å²) >= 11 is 3.34. The fraction of sp³-hybridized carbons (Fsp3) is 0.133. The normalized spacial score (nSPS) is 10.3. The largest absolute Gasteiger partial charge is 0.497 e. The molecule has 2 aromatic rings. The van der Waals surface area contributed by atoms with E-state index in [0.717, 1.165) is 11.6 Å². The van der Waals surface area contributed by atoms with E-state index in [4.69, 9.17) is 10.5 Å². The molecule has 0 atom stereocenters. The van der Waals surface area contributed by atoms with Crippen LogP contribution >= 0.6 is 15.9 Å². The van der Waals surface area contributed by atoms with Gasteiger partial charge in [0.25, 0.3) is 5.91 Å². The number of nitrogen functional groups attached to an aromatic ring is 1. The smallest absolute Gasteiger partial charge is 0.258 e. The summed E-state index contributed by atoms with van der Waals surface area (Å²) in [5.41, 5.74) is 7.66. The number of aryl methyl sites for hydroxylation is 1. The summed E-state index contributed by atoms with van der Waals surface area (Å²) in [6.45, 7) is 1.86. The molecule has 0 heterocycles. The van der Waals surface area contributed by atoms with Crippen LogP contribution in [0.15, 0.2) is 34.8 Å². The third-order valence-corrected chi connectivity index (χ3v) is 3.68. The predicted molar refractivity (Wildman–Crippen MR) is 84.2 cm³/mol. The second-order valence-corrected chi connectivity index (χ2v) is 5.34. The molecule has 0 spiro atoms. The molecule has 2 aromatic carbocycles. The number of nitrogens with two attached hydrogens (primary N) is 1. The van der Waals surface area contributed by atoms with Crippen LogP contribution in [0.3, 0.4) is 0 Å². The Morgan fingerprint density at radius 2 is 2.05 bits per heavy atom. The molecule has 0 aliphatic carbocycles. The van der Waals surface area contributed by atoms with Crippen molar-refractivity contribution < 1.29 is 13.9 Å². The summed E-state index contributed by atoms with van der Waals surface area (Å²) in [5, 5.41) is 2.63. The first kappa shape index (κ1) is 15.3. The number of carbonyl (C=O) groups is 1. The summed E-state index contributed by atoms with van der Waals surface area (Å²) < 4.78 is 19.4. The van der Waals surface area contributed by atoms with Gasteiger partial charge in [-0.3, -0.25) is 4.79 Å². The molecule has 0 fully saturated rings. The molecule has 4 nitrogen and oxygen atoms in total. The van der Waals surface area contributed by atoms with Crippen molar-refractivity contribution in [1.82, 2.24) is 0 Å². The summed E-state index contributed by atoms with van der Waals surface area (Å²) in [6.07, 6.45) is 0. The average molecular weight is 353 g/mol. The molecule has 0 saturated carbocycles. The van der Waals surface area contributed by atoms with Crippen molar-refractivity contribution >= 4 is 33.2 Å². The number of rotatable bonds is 3. The molecule has 3 N–H and O–H groups in total. The molecular formula is C15H14BrFN2O2. The highest BCUT2D eigenvalue weighted by Crippen LogP contribution is 2.28. The van der Waals surface area contributed by atoms with Crippen LogP contribution in [0.1, 0.15) is 15.9 Å². The lowest BCUT2D eigenvalue weighted by Crippen LogP contribution is -2.14. The van der Waals surface area contributed by atoms with Crippen molar-refractivity contribution in [1.29, 1.82) is 0 Å². The zero-order chi connectivity index (χ0) is 15.6. The molecule has 0 aromatic heterocycles. The monoisotopic (exact) mass is 352 g/mol. The summed E-state index contributed by atoms with van der Waals surface area (Å²) in [4.78, 5) is 12.1. The molecule has 110 valence electrons. The minimum atomic E-state index is -0.650. The Balaban J connectivity index is 2.28. The Kier molecular flexibility index (Phi) is 4.47. The minimum Gasteiger partial charge on any atom is -0.497 e. The molecule has 0 bridgehead atoms. The van der Waals surface area contributed by atoms with Gasteiger partial charge in [0.15, 0.2) is 0 Å². The van der Waals surface area contributed by atoms with Gasteiger partial charge in [-0.25, -0.2) is 4.39 Å². The second-order valence-electron chi connectivity index (χ2n) is 4.49. The summed E-state index contributed by atoms with van der Waals surface area (Å²) in [6, 6.07) is 7.47. The van der Waals surface area contributed by atoms with Crippen LogP contribution in [0.25, 0.3) is 0 Å². The average Bonchev–Trinajstić information content (AvgIpc) is 2.44. The topological polar surface area (TPSA) is 64.3 Å². The van der Waals surface area contributed by atoms with Crippen LogP contribution in [-0.4, -0.2) is 13.0 Å². The standard InChI is InChI=1S/C15H14BrFN2O2/c1-8-5-11(16)14(7-13(8)18)19-15(20)10-4-3-9(21-2)6-12(10)17/h3-7H,18H2,1-2H3,(H,19,20). The van der Waals surface area contributed by atoms with E-state index in [2.05, 4.69) is 21.2 Å². The lowest BCUT2D eigenvalue weighted by molar-refractivity contribution is 0.102. The van der Waals surface area contributed by atoms with Gasteiger partial charge in [0.05, 0.1) is 18.4 Å². The van der Waals surface area contributed by atoms with Gasteiger partial charge in [-0.15, -0.1) is 0 Å². The number of anilines is 2. The molecule has 6 heteroatoms. The zero-order valence-corrected chi connectivity index (χ0v) is 13.1. The molecular weight excluding hydrogens is 339 g/mol. The molecule has 0 saturated heterocycles. The van der Waals surface area contributed by atoms with Crippen LogP contribution < -0.4 is 15.8 Å². The molecule has 0 aliphatic heterocycles. The van der Waals surface area contributed by atoms with Crippen molar-refractivity contribution in [3.63, 3.8) is 0 Å². The summed E-state index contributed by atoms with van der Waals surface area (Å²) in [5.74, 6) is -0.855. The fourth-order valence-corrected chi connectivity index (χ4v) is 2.34. The first-order chi connectivity index (χ1) is 9.92. The molecule has 1 amide bonds. The van der Waals surface area contributed by atoms with E-state index in [1.165, 1.54) is 19.2 Å². The number of methoxy groups -OCH3 is 1. The van der Waals surface area contributed by atoms with E-state index < -0.39 is 11.7 Å². The Morgan fingerprint density at radius 3 is 2.67 bits per heavy atom. The van der Waals surface area contributed by atoms with Crippen molar-refractivity contribution in [2.75, 3.05) is 18.2 Å². The number of amides is 1. The van der Waals surface area contributed by atoms with Crippen LogP contribution in [0.2, 0.25) is 0 Å². The van der Waals surface area contributed by atoms with Gasteiger partial charge in [-0.05, 0) is 52.7 Å². The van der Waals surface area contributed by atoms with Gasteiger partial charge in [0.2, 0.25) is 0 Å². The van der Waals surface area contributed by atoms with E-state index in [1.54, 1.807) is 12.1 Å². The Labute approximate surface area is 130 Å². The maximum Gasteiger partial charge on any atom is 0.258 e. The van der Waals surface area contributed by atoms with Crippen molar-refractivity contribution in [3.8, 4) is 5.75 Å². The number of halogens is 2. The predicted octanol–water partition coefficient (Wildman–Crippen LogP) is 3.74. The van der Waals surface area contributed by atoms with E-state index >= 15 is 0 Å². The van der Waals surface area contributed by atoms with Crippen molar-refractivity contribution in [3.05, 3.63) is 51.7 Å². The lowest BCUT2D eigenvalue weighted by Gasteiger charge is -2.11. The van der Waals surface area contributed by atoms with E-state index in [0.29, 0.717) is 21.6 Å². The number of ether oxygens (including phenoxy) is 1. The van der Waals surface area contributed by atoms with Gasteiger partial charge in [0.1, 0.15) is 11.6 Å². The fourth-order valence-electron chi connectivity index (χ4n) is 1.78. The highest BCUT2D eigenvalue weighted by Gasteiger charge is 2.14. The molecule has 0 aliphatic rings. The maximum atomic E-state index is 13.9. The van der Waals surface area contributed by atoms with Crippen LogP contribution in [0, 0.1) is 12.7 Å². The third-order valence-electron chi connectivity index (χ3n) is 3.02. The number of benzene rings is 2. The van der Waals surface area contributed by atoms with Gasteiger partial charge in [-0.1, -0.05) is 0 Å². The number of hydrogen-bond acceptors (Lipinski definition) is 3. The van der Waals surface area contributed by atoms with Crippen LogP contribution in [-0.2, 0) is 0 Å². The van der Waals surface area contributed by atoms with Gasteiger partial charge in [-0.2, -0.15) is 0 Å². The minimum absolute atomic E-state index is 0.0677. The highest BCUT2D eigenvalue weighted by atomic mass is 79.9. The number of nitrogens with one attached hydrogen (secondary N) is 1. The van der Waals surface area contributed by atoms with E-state index in [9.17, 15) is 9.18 Å². The SMILES string of the molecule is COc1ccc(C(=O)Nc2cc(N)c(C)cc2Br)c(F)c1. The number of carbonyl (C=O) groups excluding carboxylic acids is 1. The van der Waals surface area contributed by atoms with Crippen molar-refractivity contribution in [2.24, 2.45) is 0 Å². The van der Waals surface area contributed by atoms with Gasteiger partial charge >= 0.3 is 0 Å². The first-order valence-electron chi connectivity index (χ1n) is 6.13. The maximum absolute atomic E-state index is 13.9. The van der Waals surface area contributed by atoms with Crippen LogP contribution in [0.4, 0.5) is 15.8 Å². The number of hydrogen-bond donors (Lipinski definition) is 2. The van der Waals surface area contributed by atoms with Gasteiger partial charge in [0, 0.05) is 16.2 Å². The molecule has 0 unspecified atom stereocenters. The zero-order valence-electron chi connectivity index (χ0n) is 11.5. The second kappa shape index (κ2) is 6.13. The van der Waals surface area contributed by atoms with E-state index in [1.807, 2.05) is 6.92 Å². The summed E-state index contributed by atoms with van der Waals surface area (Å²) in [7, 11) is 1.43.